The van der Waals surface area contributed by atoms with Crippen molar-refractivity contribution in [2.24, 2.45) is 5.92 Å². The van der Waals surface area contributed by atoms with Crippen LogP contribution in [0.15, 0.2) is 42.5 Å². The molecule has 0 aromatic heterocycles. The smallest absolute Gasteiger partial charge is 0.227 e. The predicted molar refractivity (Wildman–Crippen MR) is 96.7 cm³/mol. The molecular formula is C19H18ClFN2O3. The first kappa shape index (κ1) is 18.2. The van der Waals surface area contributed by atoms with Gasteiger partial charge in [0.1, 0.15) is 11.6 Å². The van der Waals surface area contributed by atoms with E-state index >= 15 is 0 Å². The van der Waals surface area contributed by atoms with Gasteiger partial charge in [0.2, 0.25) is 11.8 Å². The van der Waals surface area contributed by atoms with Gasteiger partial charge in [-0.25, -0.2) is 4.39 Å². The van der Waals surface area contributed by atoms with Crippen LogP contribution in [0, 0.1) is 11.7 Å². The quantitative estimate of drug-likeness (QED) is 0.872. The minimum atomic E-state index is -0.516. The molecule has 136 valence electrons. The highest BCUT2D eigenvalue weighted by molar-refractivity contribution is 6.31. The standard InChI is InChI=1S/C19H18ClFN2O3/c1-26-17-7-6-14(20)9-16(17)23-11-13(8-18(23)24)19(25)22-10-12-4-2-3-5-15(12)21/h2-7,9,13H,8,10-11H2,1H3,(H,22,25)/t13-/m1/s1. The largest absolute Gasteiger partial charge is 0.495 e. The summed E-state index contributed by atoms with van der Waals surface area (Å²) in [4.78, 5) is 26.3. The number of carbonyl (C=O) groups is 2. The minimum Gasteiger partial charge on any atom is -0.495 e. The Bertz CT molecular complexity index is 843. The predicted octanol–water partition coefficient (Wildman–Crippen LogP) is 3.16. The van der Waals surface area contributed by atoms with Crippen molar-refractivity contribution >= 4 is 29.1 Å². The van der Waals surface area contributed by atoms with Crippen LogP contribution < -0.4 is 15.0 Å². The van der Waals surface area contributed by atoms with Crippen LogP contribution >= 0.6 is 11.6 Å². The average molecular weight is 377 g/mol. The summed E-state index contributed by atoms with van der Waals surface area (Å²) in [7, 11) is 1.51. The van der Waals surface area contributed by atoms with Crippen LogP contribution in [0.2, 0.25) is 5.02 Å². The lowest BCUT2D eigenvalue weighted by Crippen LogP contribution is -2.32. The lowest BCUT2D eigenvalue weighted by molar-refractivity contribution is -0.126. The molecule has 0 radical (unpaired) electrons. The first-order valence-corrected chi connectivity index (χ1v) is 8.52. The van der Waals surface area contributed by atoms with Crippen molar-refractivity contribution in [3.8, 4) is 5.75 Å². The van der Waals surface area contributed by atoms with E-state index in [9.17, 15) is 14.0 Å². The zero-order valence-electron chi connectivity index (χ0n) is 14.2. The topological polar surface area (TPSA) is 58.6 Å². The Morgan fingerprint density at radius 1 is 1.35 bits per heavy atom. The first-order chi connectivity index (χ1) is 12.5. The van der Waals surface area contributed by atoms with Crippen LogP contribution in [0.1, 0.15) is 12.0 Å². The molecule has 2 aromatic carbocycles. The van der Waals surface area contributed by atoms with Crippen LogP contribution in [-0.2, 0) is 16.1 Å². The highest BCUT2D eigenvalue weighted by Gasteiger charge is 2.36. The van der Waals surface area contributed by atoms with Gasteiger partial charge in [-0.05, 0) is 24.3 Å². The Hall–Kier alpha value is -2.60. The molecule has 2 amide bonds. The van der Waals surface area contributed by atoms with E-state index in [1.165, 1.54) is 18.1 Å². The molecule has 0 saturated carbocycles. The van der Waals surface area contributed by atoms with Crippen molar-refractivity contribution < 1.29 is 18.7 Å². The lowest BCUT2D eigenvalue weighted by Gasteiger charge is -2.20. The van der Waals surface area contributed by atoms with Gasteiger partial charge in [0.15, 0.2) is 0 Å². The molecule has 1 aliphatic rings. The molecule has 0 aliphatic carbocycles. The summed E-state index contributed by atoms with van der Waals surface area (Å²) in [5.41, 5.74) is 0.938. The van der Waals surface area contributed by atoms with Gasteiger partial charge < -0.3 is 15.0 Å². The number of halogens is 2. The van der Waals surface area contributed by atoms with Gasteiger partial charge in [-0.15, -0.1) is 0 Å². The van der Waals surface area contributed by atoms with E-state index in [4.69, 9.17) is 16.3 Å². The molecule has 0 unspecified atom stereocenters. The van der Waals surface area contributed by atoms with Crippen LogP contribution in [-0.4, -0.2) is 25.5 Å². The monoisotopic (exact) mass is 376 g/mol. The molecule has 0 spiro atoms. The molecule has 5 nitrogen and oxygen atoms in total. The van der Waals surface area contributed by atoms with Crippen LogP contribution in [0.4, 0.5) is 10.1 Å². The molecule has 1 atom stereocenters. The Morgan fingerprint density at radius 3 is 2.85 bits per heavy atom. The fraction of sp³-hybridized carbons (Fsp3) is 0.263. The Balaban J connectivity index is 1.69. The maximum absolute atomic E-state index is 13.6. The van der Waals surface area contributed by atoms with E-state index in [0.717, 1.165) is 0 Å². The van der Waals surface area contributed by atoms with Crippen molar-refractivity contribution in [3.05, 3.63) is 58.9 Å². The summed E-state index contributed by atoms with van der Waals surface area (Å²) < 4.78 is 18.9. The van der Waals surface area contributed by atoms with Crippen LogP contribution in [0.25, 0.3) is 0 Å². The van der Waals surface area contributed by atoms with E-state index in [1.54, 1.807) is 36.4 Å². The van der Waals surface area contributed by atoms with E-state index in [2.05, 4.69) is 5.32 Å². The highest BCUT2D eigenvalue weighted by Crippen LogP contribution is 2.35. The third-order valence-electron chi connectivity index (χ3n) is 4.34. The Morgan fingerprint density at radius 2 is 2.12 bits per heavy atom. The molecule has 26 heavy (non-hydrogen) atoms. The highest BCUT2D eigenvalue weighted by atomic mass is 35.5. The number of ether oxygens (including phenoxy) is 1. The van der Waals surface area contributed by atoms with Crippen LogP contribution in [0.3, 0.4) is 0 Å². The molecular weight excluding hydrogens is 359 g/mol. The van der Waals surface area contributed by atoms with Crippen molar-refractivity contribution in [2.75, 3.05) is 18.6 Å². The molecule has 7 heteroatoms. The van der Waals surface area contributed by atoms with Gasteiger partial charge in [-0.2, -0.15) is 0 Å². The van der Waals surface area contributed by atoms with E-state index in [0.29, 0.717) is 22.0 Å². The minimum absolute atomic E-state index is 0.0800. The van der Waals surface area contributed by atoms with E-state index < -0.39 is 5.92 Å². The summed E-state index contributed by atoms with van der Waals surface area (Å²) in [6, 6.07) is 11.2. The van der Waals surface area contributed by atoms with E-state index in [1.807, 2.05) is 0 Å². The number of nitrogens with one attached hydrogen (secondary N) is 1. The summed E-state index contributed by atoms with van der Waals surface area (Å²) in [6.07, 6.45) is 0.0821. The van der Waals surface area contributed by atoms with Gasteiger partial charge in [-0.1, -0.05) is 29.8 Å². The summed E-state index contributed by atoms with van der Waals surface area (Å²) in [5.74, 6) is -0.851. The zero-order chi connectivity index (χ0) is 18.7. The third-order valence-corrected chi connectivity index (χ3v) is 4.57. The Labute approximate surface area is 155 Å². The molecule has 1 heterocycles. The Kier molecular flexibility index (Phi) is 5.42. The zero-order valence-corrected chi connectivity index (χ0v) is 14.9. The van der Waals surface area contributed by atoms with Gasteiger partial charge >= 0.3 is 0 Å². The summed E-state index contributed by atoms with van der Waals surface area (Å²) >= 11 is 6.02. The van der Waals surface area contributed by atoms with Crippen molar-refractivity contribution in [2.45, 2.75) is 13.0 Å². The molecule has 0 bridgehead atoms. The molecule has 1 saturated heterocycles. The third kappa shape index (κ3) is 3.80. The van der Waals surface area contributed by atoms with Crippen molar-refractivity contribution in [1.82, 2.24) is 5.32 Å². The lowest BCUT2D eigenvalue weighted by atomic mass is 10.1. The van der Waals surface area contributed by atoms with Gasteiger partial charge in [0.25, 0.3) is 0 Å². The van der Waals surface area contributed by atoms with Gasteiger partial charge in [0.05, 0.1) is 18.7 Å². The normalized spacial score (nSPS) is 16.7. The van der Waals surface area contributed by atoms with Gasteiger partial charge in [0, 0.05) is 30.1 Å². The van der Waals surface area contributed by atoms with E-state index in [-0.39, 0.29) is 37.1 Å². The fourth-order valence-corrected chi connectivity index (χ4v) is 3.12. The molecule has 1 N–H and O–H groups in total. The second-order valence-corrected chi connectivity index (χ2v) is 6.47. The van der Waals surface area contributed by atoms with Crippen molar-refractivity contribution in [1.29, 1.82) is 0 Å². The maximum Gasteiger partial charge on any atom is 0.227 e. The molecule has 1 fully saturated rings. The second kappa shape index (κ2) is 7.74. The maximum atomic E-state index is 13.6. The molecule has 3 rings (SSSR count). The number of methoxy groups -OCH3 is 1. The number of amides is 2. The summed E-state index contributed by atoms with van der Waals surface area (Å²) in [5, 5.41) is 3.17. The number of hydrogen-bond donors (Lipinski definition) is 1. The van der Waals surface area contributed by atoms with Crippen LogP contribution in [0.5, 0.6) is 5.75 Å². The molecule has 1 aliphatic heterocycles. The number of nitrogens with zero attached hydrogens (tertiary/aromatic N) is 1. The second-order valence-electron chi connectivity index (χ2n) is 6.03. The van der Waals surface area contributed by atoms with Crippen molar-refractivity contribution in [3.63, 3.8) is 0 Å². The summed E-state index contributed by atoms with van der Waals surface area (Å²) in [6.45, 7) is 0.301. The molecule has 2 aromatic rings. The number of carbonyl (C=O) groups excluding carboxylic acids is 2. The number of anilines is 1. The number of hydrogen-bond acceptors (Lipinski definition) is 3. The number of rotatable bonds is 5. The SMILES string of the molecule is COc1ccc(Cl)cc1N1C[C@H](C(=O)NCc2ccccc2F)CC1=O. The van der Waals surface area contributed by atoms with Gasteiger partial charge in [-0.3, -0.25) is 9.59 Å². The fourth-order valence-electron chi connectivity index (χ4n) is 2.96. The first-order valence-electron chi connectivity index (χ1n) is 8.14. The average Bonchev–Trinajstić information content (AvgIpc) is 3.02. The number of benzene rings is 2.